The minimum atomic E-state index is -1.73. The Hall–Kier alpha value is -1.92. The van der Waals surface area contributed by atoms with Crippen molar-refractivity contribution in [2.75, 3.05) is 25.9 Å². The molecule has 19 heavy (non-hydrogen) atoms. The van der Waals surface area contributed by atoms with E-state index in [0.29, 0.717) is 0 Å². The minimum absolute atomic E-state index is 0.0460. The molecule has 0 spiro atoms. The van der Waals surface area contributed by atoms with Crippen molar-refractivity contribution in [1.82, 2.24) is 4.90 Å². The zero-order chi connectivity index (χ0) is 14.2. The van der Waals surface area contributed by atoms with Crippen LogP contribution in [0.4, 0.5) is 18.9 Å². The van der Waals surface area contributed by atoms with Crippen LogP contribution in [0.3, 0.4) is 0 Å². The predicted molar refractivity (Wildman–Crippen MR) is 63.1 cm³/mol. The summed E-state index contributed by atoms with van der Waals surface area (Å²) in [7, 11) is 1.32. The number of carbonyl (C=O) groups is 1. The third-order valence-corrected chi connectivity index (χ3v) is 3.02. The lowest BCUT2D eigenvalue weighted by Crippen LogP contribution is -2.30. The molecule has 0 aliphatic carbocycles. The number of likely N-dealkylation sites (tertiary alicyclic amines) is 1. The van der Waals surface area contributed by atoms with Gasteiger partial charge in [-0.3, -0.25) is 4.79 Å². The van der Waals surface area contributed by atoms with Crippen LogP contribution in [0, 0.1) is 5.82 Å². The van der Waals surface area contributed by atoms with Crippen molar-refractivity contribution >= 4 is 11.6 Å². The molecule has 1 aliphatic rings. The fourth-order valence-corrected chi connectivity index (χ4v) is 1.97. The quantitative estimate of drug-likeness (QED) is 0.832. The van der Waals surface area contributed by atoms with Crippen LogP contribution < -0.4 is 10.5 Å². The highest BCUT2D eigenvalue weighted by molar-refractivity contribution is 5.95. The number of benzene rings is 1. The number of methoxy groups -OCH3 is 1. The lowest BCUT2D eigenvalue weighted by Gasteiger charge is -2.16. The number of hydrogen-bond donors (Lipinski definition) is 1. The summed E-state index contributed by atoms with van der Waals surface area (Å²) in [6.45, 7) is -0.766. The Morgan fingerprint density at radius 2 is 1.95 bits per heavy atom. The normalized spacial score (nSPS) is 22.6. The van der Waals surface area contributed by atoms with E-state index in [1.165, 1.54) is 7.11 Å². The van der Waals surface area contributed by atoms with Gasteiger partial charge in [-0.05, 0) is 6.07 Å². The number of ether oxygens (including phenoxy) is 1. The molecule has 1 aromatic carbocycles. The maximum atomic E-state index is 13.7. The number of carbonyl (C=O) groups excluding carboxylic acids is 1. The Bertz CT molecular complexity index is 500. The van der Waals surface area contributed by atoms with Gasteiger partial charge in [-0.1, -0.05) is 0 Å². The van der Waals surface area contributed by atoms with Crippen LogP contribution in [0.2, 0.25) is 0 Å². The number of nitrogen functional groups attached to an aromatic ring is 1. The molecule has 0 aromatic heterocycles. The number of nitrogens with two attached hydrogens (primary N) is 1. The first kappa shape index (κ1) is 13.5. The summed E-state index contributed by atoms with van der Waals surface area (Å²) >= 11 is 0. The van der Waals surface area contributed by atoms with E-state index in [1.807, 2.05) is 0 Å². The van der Waals surface area contributed by atoms with Crippen molar-refractivity contribution in [2.45, 2.75) is 12.3 Å². The number of anilines is 1. The summed E-state index contributed by atoms with van der Waals surface area (Å²) in [5.41, 5.74) is 5.22. The van der Waals surface area contributed by atoms with E-state index in [1.54, 1.807) is 0 Å². The molecule has 104 valence electrons. The first-order valence-electron chi connectivity index (χ1n) is 5.64. The Kier molecular flexibility index (Phi) is 3.55. The second-order valence-corrected chi connectivity index (χ2v) is 4.32. The molecule has 0 bridgehead atoms. The van der Waals surface area contributed by atoms with Gasteiger partial charge in [0, 0.05) is 6.07 Å². The van der Waals surface area contributed by atoms with Crippen LogP contribution in [-0.4, -0.2) is 43.3 Å². The molecule has 1 fully saturated rings. The molecule has 1 aliphatic heterocycles. The summed E-state index contributed by atoms with van der Waals surface area (Å²) in [5.74, 6) is -1.49. The van der Waals surface area contributed by atoms with Gasteiger partial charge < -0.3 is 15.4 Å². The second kappa shape index (κ2) is 4.99. The van der Waals surface area contributed by atoms with Gasteiger partial charge in [0.25, 0.3) is 5.91 Å². The minimum Gasteiger partial charge on any atom is -0.495 e. The smallest absolute Gasteiger partial charge is 0.257 e. The first-order chi connectivity index (χ1) is 8.93. The van der Waals surface area contributed by atoms with Crippen LogP contribution in [0.1, 0.15) is 10.4 Å². The number of hydrogen-bond acceptors (Lipinski definition) is 3. The lowest BCUT2D eigenvalue weighted by molar-refractivity contribution is 0.0774. The molecule has 4 nitrogen and oxygen atoms in total. The van der Waals surface area contributed by atoms with Gasteiger partial charge in [-0.25, -0.2) is 13.2 Å². The van der Waals surface area contributed by atoms with Crippen LogP contribution in [0.25, 0.3) is 0 Å². The zero-order valence-electron chi connectivity index (χ0n) is 10.2. The molecule has 2 N–H and O–H groups in total. The summed E-state index contributed by atoms with van der Waals surface area (Å²) < 4.78 is 44.7. The molecule has 7 heteroatoms. The summed E-state index contributed by atoms with van der Waals surface area (Å²) in [5, 5.41) is 0. The molecule has 0 radical (unpaired) electrons. The molecule has 2 atom stereocenters. The molecule has 0 saturated carbocycles. The number of alkyl halides is 2. The van der Waals surface area contributed by atoms with Crippen molar-refractivity contribution in [2.24, 2.45) is 0 Å². The van der Waals surface area contributed by atoms with Crippen molar-refractivity contribution in [3.05, 3.63) is 23.5 Å². The predicted octanol–water partition coefficient (Wildman–Crippen LogP) is 1.55. The highest BCUT2D eigenvalue weighted by atomic mass is 19.2. The Balaban J connectivity index is 2.29. The van der Waals surface area contributed by atoms with Crippen LogP contribution in [0.15, 0.2) is 12.1 Å². The van der Waals surface area contributed by atoms with Crippen molar-refractivity contribution in [3.63, 3.8) is 0 Å². The zero-order valence-corrected chi connectivity index (χ0v) is 10.2. The molecule has 1 amide bonds. The summed E-state index contributed by atoms with van der Waals surface area (Å²) in [4.78, 5) is 12.9. The Morgan fingerprint density at radius 1 is 1.37 bits per heavy atom. The third-order valence-electron chi connectivity index (χ3n) is 3.02. The fraction of sp³-hybridized carbons (Fsp3) is 0.417. The van der Waals surface area contributed by atoms with Gasteiger partial charge in [-0.2, -0.15) is 0 Å². The SMILES string of the molecule is COc1cc(C(=O)N2C[C@H](F)[C@@H](F)C2)c(F)cc1N. The van der Waals surface area contributed by atoms with E-state index >= 15 is 0 Å². The van der Waals surface area contributed by atoms with Gasteiger partial charge >= 0.3 is 0 Å². The van der Waals surface area contributed by atoms with Crippen LogP contribution in [0.5, 0.6) is 5.75 Å². The molecule has 1 saturated heterocycles. The standard InChI is InChI=1S/C12H13F3N2O2/c1-19-11-2-6(7(13)3-10(11)16)12(18)17-4-8(14)9(15)5-17/h2-3,8-9H,4-5,16H2,1H3/t8-,9-/m0/s1. The number of amides is 1. The maximum absolute atomic E-state index is 13.7. The molecule has 0 unspecified atom stereocenters. The largest absolute Gasteiger partial charge is 0.495 e. The Morgan fingerprint density at radius 3 is 2.47 bits per heavy atom. The molecular formula is C12H13F3N2O2. The van der Waals surface area contributed by atoms with Crippen molar-refractivity contribution in [1.29, 1.82) is 0 Å². The van der Waals surface area contributed by atoms with E-state index in [-0.39, 0.29) is 30.1 Å². The van der Waals surface area contributed by atoms with E-state index in [9.17, 15) is 18.0 Å². The number of rotatable bonds is 2. The average Bonchev–Trinajstić information content (AvgIpc) is 2.69. The van der Waals surface area contributed by atoms with E-state index in [4.69, 9.17) is 10.5 Å². The molecule has 2 rings (SSSR count). The van der Waals surface area contributed by atoms with Crippen molar-refractivity contribution < 1.29 is 22.7 Å². The Labute approximate surface area is 107 Å². The molecule has 1 aromatic rings. The van der Waals surface area contributed by atoms with Gasteiger partial charge in [-0.15, -0.1) is 0 Å². The van der Waals surface area contributed by atoms with E-state index < -0.39 is 24.1 Å². The van der Waals surface area contributed by atoms with Crippen LogP contribution >= 0.6 is 0 Å². The summed E-state index contributed by atoms with van der Waals surface area (Å²) in [6.07, 6.45) is -3.47. The average molecular weight is 274 g/mol. The second-order valence-electron chi connectivity index (χ2n) is 4.32. The number of halogens is 3. The van der Waals surface area contributed by atoms with Gasteiger partial charge in [0.1, 0.15) is 11.6 Å². The maximum Gasteiger partial charge on any atom is 0.257 e. The summed E-state index contributed by atoms with van der Waals surface area (Å²) in [6, 6.07) is 2.08. The van der Waals surface area contributed by atoms with Gasteiger partial charge in [0.2, 0.25) is 0 Å². The monoisotopic (exact) mass is 274 g/mol. The van der Waals surface area contributed by atoms with Crippen LogP contribution in [-0.2, 0) is 0 Å². The lowest BCUT2D eigenvalue weighted by atomic mass is 10.1. The topological polar surface area (TPSA) is 55.6 Å². The highest BCUT2D eigenvalue weighted by Crippen LogP contribution is 2.27. The van der Waals surface area contributed by atoms with Gasteiger partial charge in [0.15, 0.2) is 12.3 Å². The van der Waals surface area contributed by atoms with Crippen molar-refractivity contribution in [3.8, 4) is 5.75 Å². The first-order valence-corrected chi connectivity index (χ1v) is 5.64. The van der Waals surface area contributed by atoms with Gasteiger partial charge in [0.05, 0.1) is 31.5 Å². The third kappa shape index (κ3) is 2.45. The highest BCUT2D eigenvalue weighted by Gasteiger charge is 2.36. The fourth-order valence-electron chi connectivity index (χ4n) is 1.97. The number of nitrogens with zero attached hydrogens (tertiary/aromatic N) is 1. The molecule has 1 heterocycles. The molecular weight excluding hydrogens is 261 g/mol. The van der Waals surface area contributed by atoms with E-state index in [2.05, 4.69) is 0 Å². The van der Waals surface area contributed by atoms with E-state index in [0.717, 1.165) is 17.0 Å².